The number of halogens is 1. The second kappa shape index (κ2) is 10.3. The normalized spacial score (nSPS) is 12.3. The Morgan fingerprint density at radius 1 is 1.29 bits per heavy atom. The number of aliphatic imine (C=N–C) groups is 1. The molecule has 0 aromatic carbocycles. The van der Waals surface area contributed by atoms with Gasteiger partial charge in [-0.3, -0.25) is 4.99 Å². The summed E-state index contributed by atoms with van der Waals surface area (Å²) in [5, 5.41) is 6.61. The van der Waals surface area contributed by atoms with Crippen LogP contribution in [-0.2, 0) is 0 Å². The number of rotatable bonds is 6. The van der Waals surface area contributed by atoms with Gasteiger partial charge in [0.15, 0.2) is 5.96 Å². The Bertz CT molecular complexity index is 218. The summed E-state index contributed by atoms with van der Waals surface area (Å²) < 4.78 is 0.209. The predicted octanol–water partition coefficient (Wildman–Crippen LogP) is 2.96. The van der Waals surface area contributed by atoms with E-state index < -0.39 is 0 Å². The largest absolute Gasteiger partial charge is 0.357 e. The van der Waals surface area contributed by atoms with Gasteiger partial charge in [0.1, 0.15) is 0 Å². The number of hydrogen-bond donors (Lipinski definition) is 2. The molecule has 0 spiro atoms. The molecule has 0 radical (unpaired) electrons. The second-order valence-electron chi connectivity index (χ2n) is 4.93. The van der Waals surface area contributed by atoms with Gasteiger partial charge in [-0.15, -0.1) is 24.0 Å². The molecule has 0 heterocycles. The maximum atomic E-state index is 4.60. The molecule has 0 unspecified atom stereocenters. The van der Waals surface area contributed by atoms with E-state index in [1.807, 2.05) is 11.8 Å². The van der Waals surface area contributed by atoms with Gasteiger partial charge in [0.2, 0.25) is 0 Å². The van der Waals surface area contributed by atoms with Crippen LogP contribution in [-0.4, -0.2) is 36.6 Å². The lowest BCUT2D eigenvalue weighted by Gasteiger charge is -2.20. The number of thioether (sulfide) groups is 1. The highest BCUT2D eigenvalue weighted by Gasteiger charge is 2.15. The fourth-order valence-electron chi connectivity index (χ4n) is 0.977. The number of nitrogens with zero attached hydrogens (tertiary/aromatic N) is 1. The minimum absolute atomic E-state index is 0. The fourth-order valence-corrected chi connectivity index (χ4v) is 1.17. The molecule has 0 atom stereocenters. The van der Waals surface area contributed by atoms with Crippen molar-refractivity contribution in [3.8, 4) is 0 Å². The first kappa shape index (κ1) is 19.7. The molecule has 17 heavy (non-hydrogen) atoms. The third kappa shape index (κ3) is 11.2. The van der Waals surface area contributed by atoms with Crippen LogP contribution in [0.4, 0.5) is 0 Å². The van der Waals surface area contributed by atoms with Crippen LogP contribution in [0.5, 0.6) is 0 Å². The summed E-state index contributed by atoms with van der Waals surface area (Å²) in [6.07, 6.45) is 2.13. The summed E-state index contributed by atoms with van der Waals surface area (Å²) in [5.41, 5.74) is 0. The van der Waals surface area contributed by atoms with Crippen molar-refractivity contribution >= 4 is 41.7 Å². The minimum atomic E-state index is 0. The summed E-state index contributed by atoms with van der Waals surface area (Å²) in [7, 11) is 0. The SMILES string of the molecule is CCNC(=NCC(C)(C)SC)NCC(C)C.I. The zero-order valence-electron chi connectivity index (χ0n) is 12.0. The van der Waals surface area contributed by atoms with Crippen molar-refractivity contribution in [2.75, 3.05) is 25.9 Å². The molecule has 0 bridgehead atoms. The van der Waals surface area contributed by atoms with Crippen LogP contribution in [0.3, 0.4) is 0 Å². The van der Waals surface area contributed by atoms with E-state index >= 15 is 0 Å². The average Bonchev–Trinajstić information content (AvgIpc) is 2.22. The van der Waals surface area contributed by atoms with Crippen LogP contribution in [0.1, 0.15) is 34.6 Å². The third-order valence-corrected chi connectivity index (χ3v) is 3.43. The maximum absolute atomic E-state index is 4.60. The Morgan fingerprint density at radius 3 is 2.29 bits per heavy atom. The zero-order chi connectivity index (χ0) is 12.6. The Hall–Kier alpha value is 0.350. The van der Waals surface area contributed by atoms with Crippen LogP contribution >= 0.6 is 35.7 Å². The molecule has 2 N–H and O–H groups in total. The van der Waals surface area contributed by atoms with Crippen LogP contribution < -0.4 is 10.6 Å². The smallest absolute Gasteiger partial charge is 0.191 e. The van der Waals surface area contributed by atoms with E-state index in [9.17, 15) is 0 Å². The zero-order valence-corrected chi connectivity index (χ0v) is 15.1. The summed E-state index contributed by atoms with van der Waals surface area (Å²) in [6.45, 7) is 13.6. The number of hydrogen-bond acceptors (Lipinski definition) is 2. The monoisotopic (exact) mass is 373 g/mol. The van der Waals surface area contributed by atoms with E-state index in [0.717, 1.165) is 25.6 Å². The quantitative estimate of drug-likeness (QED) is 0.427. The molecule has 3 nitrogen and oxygen atoms in total. The summed E-state index contributed by atoms with van der Waals surface area (Å²) >= 11 is 1.85. The van der Waals surface area contributed by atoms with Gasteiger partial charge in [-0.05, 0) is 32.9 Å². The standard InChI is InChI=1S/C12H27N3S.HI/c1-7-13-11(14-8-10(2)3)15-9-12(4,5)16-6;/h10H,7-9H2,1-6H3,(H2,13,14,15);1H. The Balaban J connectivity index is 0. The van der Waals surface area contributed by atoms with Crippen LogP contribution in [0, 0.1) is 5.92 Å². The molecule has 0 rings (SSSR count). The van der Waals surface area contributed by atoms with Gasteiger partial charge < -0.3 is 10.6 Å². The van der Waals surface area contributed by atoms with Crippen LogP contribution in [0.25, 0.3) is 0 Å². The van der Waals surface area contributed by atoms with Gasteiger partial charge in [0, 0.05) is 17.8 Å². The number of nitrogens with one attached hydrogen (secondary N) is 2. The van der Waals surface area contributed by atoms with Crippen molar-refractivity contribution in [3.05, 3.63) is 0 Å². The molecule has 0 aromatic rings. The maximum Gasteiger partial charge on any atom is 0.191 e. The van der Waals surface area contributed by atoms with E-state index in [1.165, 1.54) is 0 Å². The first-order chi connectivity index (χ1) is 7.41. The first-order valence-electron chi connectivity index (χ1n) is 5.98. The summed E-state index contributed by atoms with van der Waals surface area (Å²) in [5.74, 6) is 1.57. The summed E-state index contributed by atoms with van der Waals surface area (Å²) in [4.78, 5) is 4.60. The molecule has 0 saturated carbocycles. The summed E-state index contributed by atoms with van der Waals surface area (Å²) in [6, 6.07) is 0. The molecule has 0 aliphatic rings. The molecule has 5 heteroatoms. The molecular formula is C12H28IN3S. The van der Waals surface area contributed by atoms with E-state index in [4.69, 9.17) is 0 Å². The van der Waals surface area contributed by atoms with Gasteiger partial charge >= 0.3 is 0 Å². The lowest BCUT2D eigenvalue weighted by atomic mass is 10.2. The first-order valence-corrected chi connectivity index (χ1v) is 7.21. The molecule has 0 aliphatic carbocycles. The van der Waals surface area contributed by atoms with E-state index in [0.29, 0.717) is 5.92 Å². The number of guanidine groups is 1. The van der Waals surface area contributed by atoms with Gasteiger partial charge in [0.05, 0.1) is 6.54 Å². The van der Waals surface area contributed by atoms with Crippen molar-refractivity contribution in [2.45, 2.75) is 39.4 Å². The van der Waals surface area contributed by atoms with E-state index in [2.05, 4.69) is 56.5 Å². The molecule has 0 aliphatic heterocycles. The molecule has 0 aromatic heterocycles. The average molecular weight is 373 g/mol. The highest BCUT2D eigenvalue weighted by molar-refractivity contribution is 14.0. The van der Waals surface area contributed by atoms with Crippen molar-refractivity contribution < 1.29 is 0 Å². The Kier molecular flexibility index (Phi) is 11.9. The van der Waals surface area contributed by atoms with Gasteiger partial charge in [-0.1, -0.05) is 13.8 Å². The van der Waals surface area contributed by atoms with Gasteiger partial charge in [0.25, 0.3) is 0 Å². The lowest BCUT2D eigenvalue weighted by molar-refractivity contribution is 0.612. The van der Waals surface area contributed by atoms with Crippen LogP contribution in [0.15, 0.2) is 4.99 Å². The van der Waals surface area contributed by atoms with Crippen molar-refractivity contribution in [1.82, 2.24) is 10.6 Å². The second-order valence-corrected chi connectivity index (χ2v) is 6.45. The predicted molar refractivity (Wildman–Crippen MR) is 91.8 cm³/mol. The lowest BCUT2D eigenvalue weighted by Crippen LogP contribution is -2.40. The Labute approximate surface area is 128 Å². The molecule has 0 saturated heterocycles. The molecular weight excluding hydrogens is 345 g/mol. The highest BCUT2D eigenvalue weighted by atomic mass is 127. The molecule has 0 amide bonds. The van der Waals surface area contributed by atoms with Crippen molar-refractivity contribution in [1.29, 1.82) is 0 Å². The molecule has 0 fully saturated rings. The van der Waals surface area contributed by atoms with Crippen molar-refractivity contribution in [2.24, 2.45) is 10.9 Å². The van der Waals surface area contributed by atoms with Gasteiger partial charge in [-0.25, -0.2) is 0 Å². The molecule has 104 valence electrons. The minimum Gasteiger partial charge on any atom is -0.357 e. The van der Waals surface area contributed by atoms with E-state index in [-0.39, 0.29) is 28.7 Å². The highest BCUT2D eigenvalue weighted by Crippen LogP contribution is 2.20. The van der Waals surface area contributed by atoms with E-state index in [1.54, 1.807) is 0 Å². The topological polar surface area (TPSA) is 36.4 Å². The third-order valence-electron chi connectivity index (χ3n) is 2.19. The fraction of sp³-hybridized carbons (Fsp3) is 0.917. The Morgan fingerprint density at radius 2 is 1.88 bits per heavy atom. The van der Waals surface area contributed by atoms with Crippen LogP contribution in [0.2, 0.25) is 0 Å². The van der Waals surface area contributed by atoms with Crippen molar-refractivity contribution in [3.63, 3.8) is 0 Å². The van der Waals surface area contributed by atoms with Gasteiger partial charge in [-0.2, -0.15) is 11.8 Å².